The van der Waals surface area contributed by atoms with Crippen molar-refractivity contribution in [1.29, 1.82) is 0 Å². The Labute approximate surface area is 187 Å². The number of anilines is 1. The van der Waals surface area contributed by atoms with E-state index in [1.165, 1.54) is 17.2 Å². The Morgan fingerprint density at radius 1 is 1.21 bits per heavy atom. The van der Waals surface area contributed by atoms with Gasteiger partial charge in [-0.25, -0.2) is 9.67 Å². The Bertz CT molecular complexity index is 1400. The lowest BCUT2D eigenvalue weighted by molar-refractivity contribution is -0.147. The number of aromatic nitrogens is 6. The lowest BCUT2D eigenvalue weighted by Gasteiger charge is -2.10. The number of carbonyl (C=O) groups excluding carboxylic acids is 2. The highest BCUT2D eigenvalue weighted by Gasteiger charge is 2.28. The molecule has 33 heavy (non-hydrogen) atoms. The molecule has 0 unspecified atom stereocenters. The molecule has 4 aromatic rings. The van der Waals surface area contributed by atoms with Gasteiger partial charge in [0.25, 0.3) is 11.5 Å². The molecule has 1 fully saturated rings. The van der Waals surface area contributed by atoms with Crippen LogP contribution in [-0.2, 0) is 27.9 Å². The van der Waals surface area contributed by atoms with E-state index in [0.29, 0.717) is 22.8 Å². The van der Waals surface area contributed by atoms with Crippen LogP contribution in [0.2, 0.25) is 0 Å². The number of ether oxygens (including phenoxy) is 1. The van der Waals surface area contributed by atoms with Crippen molar-refractivity contribution >= 4 is 28.7 Å². The molecule has 0 bridgehead atoms. The molecule has 5 rings (SSSR count). The highest BCUT2D eigenvalue weighted by Crippen LogP contribution is 2.40. The van der Waals surface area contributed by atoms with Gasteiger partial charge in [-0.15, -0.1) is 0 Å². The number of nitrogens with zero attached hydrogens (tertiary/aromatic N) is 6. The average molecular weight is 447 g/mol. The topological polar surface area (TPSA) is 126 Å². The molecule has 0 saturated heterocycles. The Hall–Kier alpha value is -4.28. The third-order valence-electron chi connectivity index (χ3n) is 5.37. The molecule has 3 heterocycles. The van der Waals surface area contributed by atoms with Crippen molar-refractivity contribution in [3.8, 4) is 5.69 Å². The molecule has 1 N–H and O–H groups in total. The molecule has 0 radical (unpaired) electrons. The number of benzene rings is 1. The van der Waals surface area contributed by atoms with Crippen molar-refractivity contribution in [2.75, 3.05) is 11.9 Å². The monoisotopic (exact) mass is 447 g/mol. The molecule has 1 aliphatic carbocycles. The number of para-hydroxylation sites is 1. The standard InChI is InChI=1S/C22H21N7O4/c1-27-21-16(10-24-27)22(32)28(13-23-21)11-20(31)33-12-19(30)25-18-9-17(14-7-8-14)26-29(18)15-5-3-2-4-6-15/h2-6,9-10,13-14H,7-8,11-12H2,1H3,(H,25,30). The van der Waals surface area contributed by atoms with Crippen LogP contribution in [-0.4, -0.2) is 47.6 Å². The fourth-order valence-electron chi connectivity index (χ4n) is 3.52. The maximum absolute atomic E-state index is 12.5. The molecule has 11 nitrogen and oxygen atoms in total. The molecule has 0 atom stereocenters. The minimum atomic E-state index is -0.729. The quantitative estimate of drug-likeness (QED) is 0.424. The fraction of sp³-hybridized carbons (Fsp3) is 0.273. The maximum atomic E-state index is 12.5. The van der Waals surface area contributed by atoms with Gasteiger partial charge in [0.05, 0.1) is 17.6 Å². The molecule has 3 aromatic heterocycles. The van der Waals surface area contributed by atoms with Gasteiger partial charge in [-0.3, -0.25) is 23.6 Å². The van der Waals surface area contributed by atoms with E-state index in [9.17, 15) is 14.4 Å². The molecule has 1 aliphatic rings. The van der Waals surface area contributed by atoms with Gasteiger partial charge in [0.1, 0.15) is 24.1 Å². The van der Waals surface area contributed by atoms with Gasteiger partial charge in [0, 0.05) is 19.0 Å². The predicted molar refractivity (Wildman–Crippen MR) is 118 cm³/mol. The van der Waals surface area contributed by atoms with E-state index >= 15 is 0 Å². The normalized spacial score (nSPS) is 13.2. The van der Waals surface area contributed by atoms with E-state index in [4.69, 9.17) is 4.74 Å². The molecule has 1 amide bonds. The number of carbonyl (C=O) groups is 2. The second-order valence-electron chi connectivity index (χ2n) is 7.87. The van der Waals surface area contributed by atoms with Crippen molar-refractivity contribution in [3.63, 3.8) is 0 Å². The van der Waals surface area contributed by atoms with E-state index in [1.54, 1.807) is 11.7 Å². The van der Waals surface area contributed by atoms with E-state index in [0.717, 1.165) is 28.8 Å². The van der Waals surface area contributed by atoms with E-state index in [1.807, 2.05) is 36.4 Å². The number of aryl methyl sites for hydroxylation is 1. The minimum Gasteiger partial charge on any atom is -0.454 e. The van der Waals surface area contributed by atoms with Crippen LogP contribution in [0, 0.1) is 0 Å². The van der Waals surface area contributed by atoms with Gasteiger partial charge >= 0.3 is 5.97 Å². The van der Waals surface area contributed by atoms with Crippen LogP contribution in [0.3, 0.4) is 0 Å². The second kappa shape index (κ2) is 8.34. The number of hydrogen-bond donors (Lipinski definition) is 1. The van der Waals surface area contributed by atoms with Gasteiger partial charge in [0.15, 0.2) is 12.3 Å². The maximum Gasteiger partial charge on any atom is 0.326 e. The first-order valence-electron chi connectivity index (χ1n) is 10.5. The second-order valence-corrected chi connectivity index (χ2v) is 7.87. The molecule has 0 aliphatic heterocycles. The lowest BCUT2D eigenvalue weighted by atomic mass is 10.3. The van der Waals surface area contributed by atoms with Crippen molar-refractivity contribution in [2.24, 2.45) is 7.05 Å². The highest BCUT2D eigenvalue weighted by molar-refractivity contribution is 5.92. The smallest absolute Gasteiger partial charge is 0.326 e. The van der Waals surface area contributed by atoms with Crippen molar-refractivity contribution in [2.45, 2.75) is 25.3 Å². The van der Waals surface area contributed by atoms with E-state index < -0.39 is 24.0 Å². The number of esters is 1. The van der Waals surface area contributed by atoms with Crippen LogP contribution in [0.15, 0.2) is 53.7 Å². The van der Waals surface area contributed by atoms with Crippen LogP contribution in [0.4, 0.5) is 5.82 Å². The van der Waals surface area contributed by atoms with Crippen LogP contribution < -0.4 is 10.9 Å². The summed E-state index contributed by atoms with van der Waals surface area (Å²) in [5.74, 6) is -0.317. The first kappa shape index (κ1) is 20.6. The zero-order chi connectivity index (χ0) is 22.9. The summed E-state index contributed by atoms with van der Waals surface area (Å²) in [6.45, 7) is -0.855. The van der Waals surface area contributed by atoms with Gasteiger partial charge in [-0.2, -0.15) is 10.2 Å². The molecular weight excluding hydrogens is 426 g/mol. The minimum absolute atomic E-state index is 0.297. The number of hydrogen-bond acceptors (Lipinski definition) is 7. The van der Waals surface area contributed by atoms with Crippen molar-refractivity contribution in [1.82, 2.24) is 29.1 Å². The summed E-state index contributed by atoms with van der Waals surface area (Å²) in [5.41, 5.74) is 1.75. The van der Waals surface area contributed by atoms with E-state index in [2.05, 4.69) is 20.5 Å². The number of amides is 1. The number of rotatable bonds is 7. The Kier molecular flexibility index (Phi) is 5.21. The van der Waals surface area contributed by atoms with Gasteiger partial charge in [0.2, 0.25) is 0 Å². The summed E-state index contributed by atoms with van der Waals surface area (Å²) in [5, 5.41) is 11.7. The zero-order valence-electron chi connectivity index (χ0n) is 17.8. The molecule has 1 aromatic carbocycles. The van der Waals surface area contributed by atoms with Gasteiger partial charge in [-0.05, 0) is 25.0 Å². The molecule has 0 spiro atoms. The summed E-state index contributed by atoms with van der Waals surface area (Å²) in [7, 11) is 1.67. The summed E-state index contributed by atoms with van der Waals surface area (Å²) >= 11 is 0. The van der Waals surface area contributed by atoms with Crippen LogP contribution in [0.1, 0.15) is 24.5 Å². The van der Waals surface area contributed by atoms with Gasteiger partial charge < -0.3 is 10.1 Å². The summed E-state index contributed by atoms with van der Waals surface area (Å²) in [6, 6.07) is 11.3. The fourth-order valence-corrected chi connectivity index (χ4v) is 3.52. The molecule has 1 saturated carbocycles. The SMILES string of the molecule is Cn1ncc2c(=O)n(CC(=O)OCC(=O)Nc3cc(C4CC4)nn3-c3ccccc3)cnc21. The average Bonchev–Trinajstić information content (AvgIpc) is 3.48. The Morgan fingerprint density at radius 3 is 2.76 bits per heavy atom. The lowest BCUT2D eigenvalue weighted by Crippen LogP contribution is -2.28. The Morgan fingerprint density at radius 2 is 2.00 bits per heavy atom. The Balaban J connectivity index is 1.23. The van der Waals surface area contributed by atoms with Crippen molar-refractivity contribution in [3.05, 3.63) is 65.0 Å². The highest BCUT2D eigenvalue weighted by atomic mass is 16.5. The van der Waals surface area contributed by atoms with Crippen LogP contribution >= 0.6 is 0 Å². The third-order valence-corrected chi connectivity index (χ3v) is 5.37. The first-order valence-corrected chi connectivity index (χ1v) is 10.5. The van der Waals surface area contributed by atoms with Crippen molar-refractivity contribution < 1.29 is 14.3 Å². The van der Waals surface area contributed by atoms with Crippen LogP contribution in [0.25, 0.3) is 16.7 Å². The zero-order valence-corrected chi connectivity index (χ0v) is 17.8. The number of nitrogens with one attached hydrogen (secondary N) is 1. The summed E-state index contributed by atoms with van der Waals surface area (Å²) in [6.07, 6.45) is 4.81. The van der Waals surface area contributed by atoms with Gasteiger partial charge in [-0.1, -0.05) is 18.2 Å². The van der Waals surface area contributed by atoms with Crippen LogP contribution in [0.5, 0.6) is 0 Å². The first-order chi connectivity index (χ1) is 16.0. The molecule has 168 valence electrons. The predicted octanol–water partition coefficient (Wildman–Crippen LogP) is 1.37. The summed E-state index contributed by atoms with van der Waals surface area (Å²) in [4.78, 5) is 41.3. The molecule has 11 heteroatoms. The number of fused-ring (bicyclic) bond motifs is 1. The summed E-state index contributed by atoms with van der Waals surface area (Å²) < 4.78 is 9.34. The largest absolute Gasteiger partial charge is 0.454 e. The third kappa shape index (κ3) is 4.25. The van der Waals surface area contributed by atoms with E-state index in [-0.39, 0.29) is 6.54 Å². The molecular formula is C22H21N7O4.